The predicted octanol–water partition coefficient (Wildman–Crippen LogP) is 2.65. The van der Waals surface area contributed by atoms with Gasteiger partial charge in [-0.2, -0.15) is 0 Å². The minimum atomic E-state index is 0.0170. The fourth-order valence-electron chi connectivity index (χ4n) is 0.474. The lowest BCUT2D eigenvalue weighted by Gasteiger charge is -1.88. The van der Waals surface area contributed by atoms with Gasteiger partial charge in [0.1, 0.15) is 0 Å². The van der Waals surface area contributed by atoms with Gasteiger partial charge in [-0.05, 0) is 20.8 Å². The molecule has 1 heteroatoms. The fraction of sp³-hybridized carbons (Fsp3) is 0.300. The second-order valence-electron chi connectivity index (χ2n) is 2.68. The molecule has 0 saturated heterocycles. The number of allylic oxidation sites excluding steroid dienone is 5. The molecule has 0 amide bonds. The number of carbonyl (C=O) groups is 1. The van der Waals surface area contributed by atoms with Gasteiger partial charge in [0.05, 0.1) is 0 Å². The van der Waals surface area contributed by atoms with Crippen molar-refractivity contribution in [3.8, 4) is 0 Å². The maximum absolute atomic E-state index is 10.6. The highest BCUT2D eigenvalue weighted by atomic mass is 16.1. The Labute approximate surface area is 68.1 Å². The molecule has 0 N–H and O–H groups in total. The Morgan fingerprint density at radius 2 is 1.82 bits per heavy atom. The van der Waals surface area contributed by atoms with Crippen LogP contribution < -0.4 is 0 Å². The van der Waals surface area contributed by atoms with E-state index in [2.05, 4.69) is 6.58 Å². The molecule has 0 heterocycles. The lowest BCUT2D eigenvalue weighted by Crippen LogP contribution is -1.89. The largest absolute Gasteiger partial charge is 0.295 e. The monoisotopic (exact) mass is 150 g/mol. The van der Waals surface area contributed by atoms with Crippen LogP contribution in [0.4, 0.5) is 0 Å². The second-order valence-corrected chi connectivity index (χ2v) is 2.68. The lowest BCUT2D eigenvalue weighted by molar-refractivity contribution is -0.113. The summed E-state index contributed by atoms with van der Waals surface area (Å²) in [6.07, 6.45) is 5.49. The summed E-state index contributed by atoms with van der Waals surface area (Å²) in [5, 5.41) is 0. The number of Topliss-reactive ketones (excluding diaryl/α,β-unsaturated/α-hetero) is 1. The molecule has 0 bridgehead atoms. The van der Waals surface area contributed by atoms with E-state index in [1.54, 1.807) is 6.08 Å². The quantitative estimate of drug-likeness (QED) is 0.446. The van der Waals surface area contributed by atoms with Gasteiger partial charge in [-0.3, -0.25) is 4.79 Å². The highest BCUT2D eigenvalue weighted by Crippen LogP contribution is 1.96. The van der Waals surface area contributed by atoms with Crippen molar-refractivity contribution < 1.29 is 4.79 Å². The third-order valence-corrected chi connectivity index (χ3v) is 1.18. The minimum absolute atomic E-state index is 0.0170. The van der Waals surface area contributed by atoms with E-state index in [9.17, 15) is 4.79 Å². The second kappa shape index (κ2) is 4.67. The first-order valence-corrected chi connectivity index (χ1v) is 3.55. The standard InChI is InChI=1S/C10H14O/c1-8(2)6-5-7-9(3)10(4)11/h5-7H,3H2,1-2,4H3/b7-5-. The maximum Gasteiger partial charge on any atom is 0.159 e. The number of carbonyl (C=O) groups excluding carboxylic acids is 1. The summed E-state index contributed by atoms with van der Waals surface area (Å²) in [4.78, 5) is 10.6. The van der Waals surface area contributed by atoms with Crippen molar-refractivity contribution in [1.82, 2.24) is 0 Å². The maximum atomic E-state index is 10.6. The van der Waals surface area contributed by atoms with Crippen LogP contribution in [0.1, 0.15) is 20.8 Å². The summed E-state index contributed by atoms with van der Waals surface area (Å²) in [7, 11) is 0. The van der Waals surface area contributed by atoms with Crippen LogP contribution in [0, 0.1) is 0 Å². The first-order valence-electron chi connectivity index (χ1n) is 3.55. The van der Waals surface area contributed by atoms with Gasteiger partial charge in [0, 0.05) is 5.57 Å². The van der Waals surface area contributed by atoms with E-state index >= 15 is 0 Å². The molecule has 0 spiro atoms. The number of hydrogen-bond acceptors (Lipinski definition) is 1. The van der Waals surface area contributed by atoms with Crippen molar-refractivity contribution in [3.63, 3.8) is 0 Å². The van der Waals surface area contributed by atoms with Crippen molar-refractivity contribution in [2.75, 3.05) is 0 Å². The Bertz CT molecular complexity index is 215. The van der Waals surface area contributed by atoms with Crippen molar-refractivity contribution in [1.29, 1.82) is 0 Å². The van der Waals surface area contributed by atoms with Crippen LogP contribution in [0.25, 0.3) is 0 Å². The molecule has 0 rings (SSSR count). The van der Waals surface area contributed by atoms with E-state index in [-0.39, 0.29) is 5.78 Å². The average molecular weight is 150 g/mol. The minimum Gasteiger partial charge on any atom is -0.295 e. The number of ketones is 1. The summed E-state index contributed by atoms with van der Waals surface area (Å²) in [6, 6.07) is 0. The molecule has 0 aromatic carbocycles. The Balaban J connectivity index is 4.05. The van der Waals surface area contributed by atoms with Gasteiger partial charge in [-0.25, -0.2) is 0 Å². The molecular weight excluding hydrogens is 136 g/mol. The Morgan fingerprint density at radius 3 is 2.18 bits per heavy atom. The SMILES string of the molecule is C=C(/C=C\C=C(C)C)C(C)=O. The van der Waals surface area contributed by atoms with E-state index < -0.39 is 0 Å². The molecule has 0 aromatic rings. The van der Waals surface area contributed by atoms with Crippen LogP contribution >= 0.6 is 0 Å². The van der Waals surface area contributed by atoms with Crippen molar-refractivity contribution in [3.05, 3.63) is 36.0 Å². The molecule has 0 radical (unpaired) electrons. The van der Waals surface area contributed by atoms with E-state index in [0.717, 1.165) is 0 Å². The molecular formula is C10H14O. The third-order valence-electron chi connectivity index (χ3n) is 1.18. The van der Waals surface area contributed by atoms with E-state index in [4.69, 9.17) is 0 Å². The molecule has 0 aromatic heterocycles. The summed E-state index contributed by atoms with van der Waals surface area (Å²) >= 11 is 0. The molecule has 0 atom stereocenters. The zero-order chi connectivity index (χ0) is 8.85. The van der Waals surface area contributed by atoms with Crippen LogP contribution in [-0.4, -0.2) is 5.78 Å². The van der Waals surface area contributed by atoms with Gasteiger partial charge in [-0.15, -0.1) is 0 Å². The highest BCUT2D eigenvalue weighted by molar-refractivity contribution is 5.95. The van der Waals surface area contributed by atoms with E-state index in [1.807, 2.05) is 26.0 Å². The molecule has 60 valence electrons. The zero-order valence-electron chi connectivity index (χ0n) is 7.35. The average Bonchev–Trinajstić information content (AvgIpc) is 1.86. The van der Waals surface area contributed by atoms with Gasteiger partial charge >= 0.3 is 0 Å². The summed E-state index contributed by atoms with van der Waals surface area (Å²) in [5.74, 6) is 0.0170. The summed E-state index contributed by atoms with van der Waals surface area (Å²) < 4.78 is 0. The van der Waals surface area contributed by atoms with Crippen LogP contribution in [0.3, 0.4) is 0 Å². The van der Waals surface area contributed by atoms with Crippen LogP contribution in [0.5, 0.6) is 0 Å². The molecule has 0 aliphatic carbocycles. The zero-order valence-corrected chi connectivity index (χ0v) is 7.35. The normalized spacial score (nSPS) is 9.73. The van der Waals surface area contributed by atoms with Crippen molar-refractivity contribution >= 4 is 5.78 Å². The lowest BCUT2D eigenvalue weighted by atomic mass is 10.2. The first kappa shape index (κ1) is 9.89. The van der Waals surface area contributed by atoms with Gasteiger partial charge in [0.2, 0.25) is 0 Å². The molecule has 1 nitrogen and oxygen atoms in total. The number of rotatable bonds is 3. The van der Waals surface area contributed by atoms with Crippen molar-refractivity contribution in [2.45, 2.75) is 20.8 Å². The van der Waals surface area contributed by atoms with Gasteiger partial charge < -0.3 is 0 Å². The smallest absolute Gasteiger partial charge is 0.159 e. The third kappa shape index (κ3) is 5.34. The summed E-state index contributed by atoms with van der Waals surface area (Å²) in [6.45, 7) is 9.10. The predicted molar refractivity (Wildman–Crippen MR) is 48.4 cm³/mol. The molecule has 0 fully saturated rings. The highest BCUT2D eigenvalue weighted by Gasteiger charge is 1.91. The van der Waals surface area contributed by atoms with Crippen LogP contribution in [0.15, 0.2) is 36.0 Å². The van der Waals surface area contributed by atoms with E-state index in [0.29, 0.717) is 5.57 Å². The number of hydrogen-bond donors (Lipinski definition) is 0. The molecule has 0 aliphatic heterocycles. The van der Waals surface area contributed by atoms with Crippen LogP contribution in [-0.2, 0) is 4.79 Å². The van der Waals surface area contributed by atoms with E-state index in [1.165, 1.54) is 12.5 Å². The molecule has 0 saturated carbocycles. The first-order chi connectivity index (χ1) is 5.04. The van der Waals surface area contributed by atoms with Crippen LogP contribution in [0.2, 0.25) is 0 Å². The molecule has 0 aliphatic rings. The topological polar surface area (TPSA) is 17.1 Å². The van der Waals surface area contributed by atoms with Gasteiger partial charge in [0.15, 0.2) is 5.78 Å². The van der Waals surface area contributed by atoms with Gasteiger partial charge in [-0.1, -0.05) is 30.4 Å². The van der Waals surface area contributed by atoms with Gasteiger partial charge in [0.25, 0.3) is 0 Å². The molecule has 0 unspecified atom stereocenters. The van der Waals surface area contributed by atoms with Crippen molar-refractivity contribution in [2.24, 2.45) is 0 Å². The molecule has 11 heavy (non-hydrogen) atoms. The summed E-state index contributed by atoms with van der Waals surface area (Å²) in [5.41, 5.74) is 1.75. The Kier molecular flexibility index (Phi) is 4.20. The Morgan fingerprint density at radius 1 is 1.27 bits per heavy atom. The fourth-order valence-corrected chi connectivity index (χ4v) is 0.474. The Hall–Kier alpha value is -1.11.